The van der Waals surface area contributed by atoms with Gasteiger partial charge in [0.15, 0.2) is 11.2 Å². The first kappa shape index (κ1) is 19.5. The molecule has 0 saturated carbocycles. The van der Waals surface area contributed by atoms with Crippen molar-refractivity contribution < 1.29 is 14.3 Å². The van der Waals surface area contributed by atoms with E-state index in [-0.39, 0.29) is 5.91 Å². The van der Waals surface area contributed by atoms with E-state index in [1.807, 2.05) is 6.92 Å². The third kappa shape index (κ3) is 4.55. The average molecular weight is 426 g/mol. The molecule has 0 radical (unpaired) electrons. The summed E-state index contributed by atoms with van der Waals surface area (Å²) in [6, 6.07) is 8.33. The maximum absolute atomic E-state index is 12.5. The van der Waals surface area contributed by atoms with Crippen LogP contribution in [-0.4, -0.2) is 23.6 Å². The van der Waals surface area contributed by atoms with E-state index in [1.54, 1.807) is 37.3 Å². The molecule has 1 amide bonds. The lowest BCUT2D eigenvalue weighted by Crippen LogP contribution is -2.30. The lowest BCUT2D eigenvalue weighted by atomic mass is 10.2. The monoisotopic (exact) mass is 425 g/mol. The van der Waals surface area contributed by atoms with E-state index in [4.69, 9.17) is 38.4 Å². The Hall–Kier alpha value is -2.22. The van der Waals surface area contributed by atoms with Crippen LogP contribution in [0.3, 0.4) is 0 Å². The van der Waals surface area contributed by atoms with E-state index >= 15 is 0 Å². The molecule has 0 fully saturated rings. The van der Waals surface area contributed by atoms with E-state index in [9.17, 15) is 4.79 Å². The van der Waals surface area contributed by atoms with Crippen LogP contribution in [0.15, 0.2) is 30.3 Å². The molecule has 6 nitrogen and oxygen atoms in total. The fourth-order valence-electron chi connectivity index (χ4n) is 2.41. The molecular weight excluding hydrogens is 409 g/mol. The maximum Gasteiger partial charge on any atom is 0.265 e. The fraction of sp³-hybridized carbons (Fsp3) is 0.222. The molecule has 1 heterocycles. The maximum atomic E-state index is 12.5. The van der Waals surface area contributed by atoms with Crippen molar-refractivity contribution >= 4 is 61.5 Å². The molecule has 1 aromatic heterocycles. The minimum absolute atomic E-state index is 0.333. The van der Waals surface area contributed by atoms with Gasteiger partial charge in [-0.1, -0.05) is 34.5 Å². The Kier molecular flexibility index (Phi) is 5.94. The molecule has 9 heteroatoms. The summed E-state index contributed by atoms with van der Waals surface area (Å²) >= 11 is 13.3. The third-order valence-electron chi connectivity index (χ3n) is 3.61. The van der Waals surface area contributed by atoms with Gasteiger partial charge in [0.05, 0.1) is 16.3 Å². The SMILES string of the molecule is CCOc1cc(NC(=O)C(C)Oc2ccc(Cl)cc2Cl)cc2sc(N)nc12. The van der Waals surface area contributed by atoms with Gasteiger partial charge in [0.2, 0.25) is 0 Å². The van der Waals surface area contributed by atoms with Crippen molar-refractivity contribution in [2.24, 2.45) is 0 Å². The van der Waals surface area contributed by atoms with E-state index in [2.05, 4.69) is 10.3 Å². The van der Waals surface area contributed by atoms with Crippen molar-refractivity contribution in [2.45, 2.75) is 20.0 Å². The minimum atomic E-state index is -0.776. The highest BCUT2D eigenvalue weighted by molar-refractivity contribution is 7.22. The fourth-order valence-corrected chi connectivity index (χ4v) is 3.66. The van der Waals surface area contributed by atoms with Crippen molar-refractivity contribution in [1.29, 1.82) is 0 Å². The number of aromatic nitrogens is 1. The van der Waals surface area contributed by atoms with Gasteiger partial charge in [0, 0.05) is 16.8 Å². The van der Waals surface area contributed by atoms with Crippen molar-refractivity contribution in [3.8, 4) is 11.5 Å². The van der Waals surface area contributed by atoms with Crippen LogP contribution >= 0.6 is 34.5 Å². The lowest BCUT2D eigenvalue weighted by Gasteiger charge is -2.16. The number of nitrogens with two attached hydrogens (primary N) is 1. The highest BCUT2D eigenvalue weighted by Crippen LogP contribution is 2.35. The highest BCUT2D eigenvalue weighted by Gasteiger charge is 2.18. The van der Waals surface area contributed by atoms with Crippen molar-refractivity contribution in [3.05, 3.63) is 40.4 Å². The summed E-state index contributed by atoms with van der Waals surface area (Å²) in [5.74, 6) is 0.609. The van der Waals surface area contributed by atoms with Gasteiger partial charge in [-0.2, -0.15) is 0 Å². The summed E-state index contributed by atoms with van der Waals surface area (Å²) in [7, 11) is 0. The number of nitrogen functional groups attached to an aromatic ring is 1. The molecule has 0 bridgehead atoms. The number of benzene rings is 2. The molecule has 3 aromatic rings. The summed E-state index contributed by atoms with van der Waals surface area (Å²) in [6.45, 7) is 3.98. The van der Waals surface area contributed by atoms with Gasteiger partial charge < -0.3 is 20.5 Å². The van der Waals surface area contributed by atoms with Crippen LogP contribution in [0.1, 0.15) is 13.8 Å². The lowest BCUT2D eigenvalue weighted by molar-refractivity contribution is -0.122. The largest absolute Gasteiger partial charge is 0.491 e. The van der Waals surface area contributed by atoms with Gasteiger partial charge in [-0.05, 0) is 38.1 Å². The second kappa shape index (κ2) is 8.21. The second-order valence-corrected chi connectivity index (χ2v) is 7.54. The van der Waals surface area contributed by atoms with Crippen LogP contribution < -0.4 is 20.5 Å². The topological polar surface area (TPSA) is 86.5 Å². The van der Waals surface area contributed by atoms with Crippen LogP contribution in [-0.2, 0) is 4.79 Å². The number of amides is 1. The molecule has 27 heavy (non-hydrogen) atoms. The normalized spacial score (nSPS) is 12.0. The Morgan fingerprint density at radius 1 is 1.30 bits per heavy atom. The first-order valence-electron chi connectivity index (χ1n) is 8.12. The van der Waals surface area contributed by atoms with Gasteiger partial charge in [-0.25, -0.2) is 4.98 Å². The number of halogens is 2. The van der Waals surface area contributed by atoms with Crippen molar-refractivity contribution in [2.75, 3.05) is 17.7 Å². The van der Waals surface area contributed by atoms with E-state index in [1.165, 1.54) is 11.3 Å². The van der Waals surface area contributed by atoms with Gasteiger partial charge in [0.1, 0.15) is 17.0 Å². The molecule has 0 saturated heterocycles. The number of anilines is 2. The summed E-state index contributed by atoms with van der Waals surface area (Å²) in [5.41, 5.74) is 7.03. The molecule has 1 atom stereocenters. The molecule has 0 aliphatic carbocycles. The van der Waals surface area contributed by atoms with Gasteiger partial charge >= 0.3 is 0 Å². The molecular formula is C18H17Cl2N3O3S. The summed E-state index contributed by atoms with van der Waals surface area (Å²) in [6.07, 6.45) is -0.776. The summed E-state index contributed by atoms with van der Waals surface area (Å²) < 4.78 is 12.1. The first-order chi connectivity index (χ1) is 12.9. The molecule has 0 aliphatic heterocycles. The third-order valence-corrected chi connectivity index (χ3v) is 4.97. The number of hydrogen-bond acceptors (Lipinski definition) is 6. The van der Waals surface area contributed by atoms with E-state index in [0.717, 1.165) is 4.70 Å². The summed E-state index contributed by atoms with van der Waals surface area (Å²) in [4.78, 5) is 16.8. The van der Waals surface area contributed by atoms with Crippen molar-refractivity contribution in [3.63, 3.8) is 0 Å². The molecule has 1 unspecified atom stereocenters. The molecule has 142 valence electrons. The molecule has 3 rings (SSSR count). The van der Waals surface area contributed by atoms with Crippen molar-refractivity contribution in [1.82, 2.24) is 4.98 Å². The van der Waals surface area contributed by atoms with E-state index in [0.29, 0.717) is 44.5 Å². The summed E-state index contributed by atoms with van der Waals surface area (Å²) in [5, 5.41) is 4.08. The Morgan fingerprint density at radius 3 is 2.78 bits per heavy atom. The van der Waals surface area contributed by atoms with E-state index < -0.39 is 6.10 Å². The van der Waals surface area contributed by atoms with Gasteiger partial charge in [0.25, 0.3) is 5.91 Å². The Bertz CT molecular complexity index is 993. The standard InChI is InChI=1S/C18H17Cl2N3O3S/c1-3-25-14-7-11(8-15-16(14)23-18(21)27-15)22-17(24)9(2)26-13-5-4-10(19)6-12(13)20/h4-9H,3H2,1-2H3,(H2,21,23)(H,22,24). The van der Waals surface area contributed by atoms with Gasteiger partial charge in [-0.15, -0.1) is 0 Å². The molecule has 0 spiro atoms. The highest BCUT2D eigenvalue weighted by atomic mass is 35.5. The number of rotatable bonds is 6. The Labute approximate surface area is 170 Å². The predicted octanol–water partition coefficient (Wildman–Crippen LogP) is 4.99. The molecule has 0 aliphatic rings. The van der Waals surface area contributed by atoms with Crippen LogP contribution in [0.5, 0.6) is 11.5 Å². The number of thiazole rings is 1. The number of nitrogens with one attached hydrogen (secondary N) is 1. The average Bonchev–Trinajstić information content (AvgIpc) is 2.98. The molecule has 3 N–H and O–H groups in total. The number of nitrogens with zero attached hydrogens (tertiary/aromatic N) is 1. The Balaban J connectivity index is 1.78. The quantitative estimate of drug-likeness (QED) is 0.580. The zero-order valence-corrected chi connectivity index (χ0v) is 16.9. The zero-order valence-electron chi connectivity index (χ0n) is 14.6. The number of carbonyl (C=O) groups excluding carboxylic acids is 1. The number of hydrogen-bond donors (Lipinski definition) is 2. The van der Waals surface area contributed by atoms with Gasteiger partial charge in [-0.3, -0.25) is 4.79 Å². The first-order valence-corrected chi connectivity index (χ1v) is 9.70. The predicted molar refractivity (Wildman–Crippen MR) is 110 cm³/mol. The zero-order chi connectivity index (χ0) is 19.6. The smallest absolute Gasteiger partial charge is 0.265 e. The van der Waals surface area contributed by atoms with Crippen LogP contribution in [0.2, 0.25) is 10.0 Å². The minimum Gasteiger partial charge on any atom is -0.491 e. The van der Waals surface area contributed by atoms with Crippen LogP contribution in [0.25, 0.3) is 10.2 Å². The number of fused-ring (bicyclic) bond motifs is 1. The van der Waals surface area contributed by atoms with Crippen LogP contribution in [0, 0.1) is 0 Å². The number of ether oxygens (including phenoxy) is 2. The Morgan fingerprint density at radius 2 is 2.07 bits per heavy atom. The number of carbonyl (C=O) groups is 1. The van der Waals surface area contributed by atoms with Crippen LogP contribution in [0.4, 0.5) is 10.8 Å². The molecule has 2 aromatic carbocycles. The second-order valence-electron chi connectivity index (χ2n) is 5.63.